The zero-order chi connectivity index (χ0) is 18.3. The van der Waals surface area contributed by atoms with E-state index in [0.29, 0.717) is 11.4 Å². The summed E-state index contributed by atoms with van der Waals surface area (Å²) in [5, 5.41) is 15.1. The lowest BCUT2D eigenvalue weighted by Crippen LogP contribution is -2.13. The Morgan fingerprint density at radius 1 is 1.27 bits per heavy atom. The third-order valence-corrected chi connectivity index (χ3v) is 5.04. The lowest BCUT2D eigenvalue weighted by atomic mass is 9.99. The molecule has 4 rings (SSSR count). The number of rotatable bonds is 4. The molecule has 3 aromatic rings. The number of nitrogens with zero attached hydrogens (tertiary/aromatic N) is 4. The van der Waals surface area contributed by atoms with Crippen molar-refractivity contribution in [3.8, 4) is 11.4 Å². The zero-order valence-corrected chi connectivity index (χ0v) is 15.4. The van der Waals surface area contributed by atoms with Crippen LogP contribution in [0.15, 0.2) is 46.9 Å². The van der Waals surface area contributed by atoms with Gasteiger partial charge in [-0.15, -0.1) is 10.2 Å². The minimum absolute atomic E-state index is 0.0218. The highest BCUT2D eigenvalue weighted by atomic mass is 79.9. The van der Waals surface area contributed by atoms with E-state index in [-0.39, 0.29) is 24.2 Å². The van der Waals surface area contributed by atoms with Crippen molar-refractivity contribution in [3.05, 3.63) is 58.1 Å². The number of tetrazole rings is 1. The van der Waals surface area contributed by atoms with Gasteiger partial charge in [-0.1, -0.05) is 28.1 Å². The predicted octanol–water partition coefficient (Wildman–Crippen LogP) is 3.04. The number of carbonyl (C=O) groups is 2. The van der Waals surface area contributed by atoms with E-state index in [1.165, 1.54) is 4.80 Å². The monoisotopic (exact) mass is 411 g/mol. The van der Waals surface area contributed by atoms with Crippen molar-refractivity contribution in [2.75, 3.05) is 5.32 Å². The highest BCUT2D eigenvalue weighted by molar-refractivity contribution is 9.10. The molecular weight excluding hydrogens is 398 g/mol. The molecule has 1 aliphatic heterocycles. The molecule has 0 fully saturated rings. The van der Waals surface area contributed by atoms with Gasteiger partial charge in [-0.05, 0) is 48.0 Å². The van der Waals surface area contributed by atoms with E-state index in [2.05, 4.69) is 36.7 Å². The summed E-state index contributed by atoms with van der Waals surface area (Å²) in [5.41, 5.74) is 2.92. The van der Waals surface area contributed by atoms with Crippen LogP contribution < -0.4 is 5.32 Å². The molecule has 1 aliphatic rings. The van der Waals surface area contributed by atoms with Gasteiger partial charge in [0.15, 0.2) is 5.78 Å². The summed E-state index contributed by atoms with van der Waals surface area (Å²) in [7, 11) is 0. The Hall–Kier alpha value is -2.87. The van der Waals surface area contributed by atoms with Gasteiger partial charge in [0.05, 0.1) is 5.92 Å². The van der Waals surface area contributed by atoms with Gasteiger partial charge in [0.1, 0.15) is 6.54 Å². The van der Waals surface area contributed by atoms with Crippen LogP contribution in [-0.4, -0.2) is 31.9 Å². The lowest BCUT2D eigenvalue weighted by Gasteiger charge is -2.05. The number of Topliss-reactive ketones (excluding diaryl/α,β-unsaturated/α-hetero) is 1. The fourth-order valence-electron chi connectivity index (χ4n) is 2.87. The zero-order valence-electron chi connectivity index (χ0n) is 13.8. The molecule has 0 radical (unpaired) electrons. The van der Waals surface area contributed by atoms with E-state index in [9.17, 15) is 9.59 Å². The molecule has 1 aromatic heterocycles. The van der Waals surface area contributed by atoms with Crippen LogP contribution in [0.1, 0.15) is 28.8 Å². The van der Waals surface area contributed by atoms with Crippen molar-refractivity contribution < 1.29 is 9.59 Å². The first-order valence-corrected chi connectivity index (χ1v) is 8.83. The first-order chi connectivity index (χ1) is 12.5. The second kappa shape index (κ2) is 6.45. The Bertz CT molecular complexity index is 1030. The minimum atomic E-state index is -0.260. The average molecular weight is 412 g/mol. The van der Waals surface area contributed by atoms with Crippen molar-refractivity contribution in [1.29, 1.82) is 0 Å². The molecule has 2 aromatic carbocycles. The van der Waals surface area contributed by atoms with Crippen LogP contribution >= 0.6 is 15.9 Å². The molecule has 0 unspecified atom stereocenters. The number of benzene rings is 2. The van der Waals surface area contributed by atoms with Gasteiger partial charge in [-0.25, -0.2) is 0 Å². The lowest BCUT2D eigenvalue weighted by molar-refractivity contribution is -0.116. The Balaban J connectivity index is 1.55. The molecule has 0 saturated carbocycles. The third-order valence-electron chi connectivity index (χ3n) is 4.34. The summed E-state index contributed by atoms with van der Waals surface area (Å²) >= 11 is 3.45. The SMILES string of the molecule is C[C@H]1C(=O)Nc2ccc(C(=O)Cn3nnc(-c4ccccc4Br)n3)cc21. The Labute approximate surface area is 157 Å². The third kappa shape index (κ3) is 2.92. The molecule has 8 heteroatoms. The molecule has 26 heavy (non-hydrogen) atoms. The molecule has 1 amide bonds. The van der Waals surface area contributed by atoms with Crippen LogP contribution in [-0.2, 0) is 11.3 Å². The smallest absolute Gasteiger partial charge is 0.231 e. The molecule has 2 heterocycles. The van der Waals surface area contributed by atoms with Crippen molar-refractivity contribution in [2.24, 2.45) is 0 Å². The first kappa shape index (κ1) is 16.6. The molecular formula is C18H14BrN5O2. The van der Waals surface area contributed by atoms with Crippen LogP contribution in [0.2, 0.25) is 0 Å². The number of aromatic nitrogens is 4. The maximum absolute atomic E-state index is 12.6. The summed E-state index contributed by atoms with van der Waals surface area (Å²) in [4.78, 5) is 25.6. The fourth-order valence-corrected chi connectivity index (χ4v) is 3.33. The number of amides is 1. The molecule has 0 bridgehead atoms. The van der Waals surface area contributed by atoms with Crippen LogP contribution in [0.5, 0.6) is 0 Å². The van der Waals surface area contributed by atoms with Crippen molar-refractivity contribution >= 4 is 33.3 Å². The number of hydrogen-bond donors (Lipinski definition) is 1. The van der Waals surface area contributed by atoms with Gasteiger partial charge in [0, 0.05) is 21.3 Å². The summed E-state index contributed by atoms with van der Waals surface area (Å²) in [6.07, 6.45) is 0. The summed E-state index contributed by atoms with van der Waals surface area (Å²) in [5.74, 6) is -0.0111. The molecule has 0 spiro atoms. The van der Waals surface area contributed by atoms with Crippen LogP contribution in [0, 0.1) is 0 Å². The summed E-state index contributed by atoms with van der Waals surface area (Å²) < 4.78 is 0.857. The van der Waals surface area contributed by atoms with E-state index in [4.69, 9.17) is 0 Å². The molecule has 1 atom stereocenters. The van der Waals surface area contributed by atoms with Crippen LogP contribution in [0.3, 0.4) is 0 Å². The Morgan fingerprint density at radius 2 is 2.08 bits per heavy atom. The topological polar surface area (TPSA) is 89.8 Å². The predicted molar refractivity (Wildman–Crippen MR) is 98.8 cm³/mol. The van der Waals surface area contributed by atoms with Gasteiger partial charge in [0.25, 0.3) is 0 Å². The quantitative estimate of drug-likeness (QED) is 0.666. The number of fused-ring (bicyclic) bond motifs is 1. The number of halogens is 1. The molecule has 1 N–H and O–H groups in total. The number of nitrogens with one attached hydrogen (secondary N) is 1. The largest absolute Gasteiger partial charge is 0.325 e. The molecule has 0 aliphatic carbocycles. The number of anilines is 1. The fraction of sp³-hybridized carbons (Fsp3) is 0.167. The second-order valence-electron chi connectivity index (χ2n) is 6.06. The van der Waals surface area contributed by atoms with E-state index >= 15 is 0 Å². The maximum Gasteiger partial charge on any atom is 0.231 e. The Morgan fingerprint density at radius 3 is 2.88 bits per heavy atom. The second-order valence-corrected chi connectivity index (χ2v) is 6.91. The number of ketones is 1. The van der Waals surface area contributed by atoms with Crippen molar-refractivity contribution in [2.45, 2.75) is 19.4 Å². The Kier molecular flexibility index (Phi) is 4.12. The molecule has 7 nitrogen and oxygen atoms in total. The van der Waals surface area contributed by atoms with E-state index < -0.39 is 0 Å². The van der Waals surface area contributed by atoms with E-state index in [0.717, 1.165) is 21.3 Å². The van der Waals surface area contributed by atoms with Gasteiger partial charge in [-0.2, -0.15) is 4.80 Å². The normalized spacial score (nSPS) is 15.6. The van der Waals surface area contributed by atoms with Crippen LogP contribution in [0.25, 0.3) is 11.4 Å². The highest BCUT2D eigenvalue weighted by Crippen LogP contribution is 2.32. The van der Waals surface area contributed by atoms with Crippen molar-refractivity contribution in [3.63, 3.8) is 0 Å². The van der Waals surface area contributed by atoms with Gasteiger partial charge >= 0.3 is 0 Å². The molecule has 130 valence electrons. The highest BCUT2D eigenvalue weighted by Gasteiger charge is 2.27. The average Bonchev–Trinajstić information content (AvgIpc) is 3.20. The summed E-state index contributed by atoms with van der Waals surface area (Å²) in [6.45, 7) is 1.80. The standard InChI is InChI=1S/C18H14BrN5O2/c1-10-13-8-11(6-7-15(13)20-18(10)26)16(25)9-24-22-17(21-23-24)12-4-2-3-5-14(12)19/h2-8,10H,9H2,1H3,(H,20,26)/t10-/m1/s1. The number of hydrogen-bond acceptors (Lipinski definition) is 5. The first-order valence-electron chi connectivity index (χ1n) is 8.03. The minimum Gasteiger partial charge on any atom is -0.325 e. The summed E-state index contributed by atoms with van der Waals surface area (Å²) in [6, 6.07) is 12.8. The van der Waals surface area contributed by atoms with Gasteiger partial charge < -0.3 is 5.32 Å². The number of carbonyl (C=O) groups excluding carboxylic acids is 2. The van der Waals surface area contributed by atoms with Gasteiger partial charge in [-0.3, -0.25) is 9.59 Å². The maximum atomic E-state index is 12.6. The van der Waals surface area contributed by atoms with Gasteiger partial charge in [0.2, 0.25) is 11.7 Å². The van der Waals surface area contributed by atoms with E-state index in [1.54, 1.807) is 18.2 Å². The van der Waals surface area contributed by atoms with Crippen molar-refractivity contribution in [1.82, 2.24) is 20.2 Å². The molecule has 0 saturated heterocycles. The van der Waals surface area contributed by atoms with Crippen LogP contribution in [0.4, 0.5) is 5.69 Å². The van der Waals surface area contributed by atoms with E-state index in [1.807, 2.05) is 31.2 Å².